The lowest BCUT2D eigenvalue weighted by Gasteiger charge is -2.08. The predicted molar refractivity (Wildman–Crippen MR) is 91.3 cm³/mol. The molecule has 0 saturated carbocycles. The van der Waals surface area contributed by atoms with E-state index < -0.39 is 0 Å². The minimum Gasteiger partial charge on any atom is -0.496 e. The van der Waals surface area contributed by atoms with Crippen molar-refractivity contribution in [2.24, 2.45) is 0 Å². The monoisotopic (exact) mass is 336 g/mol. The molecule has 6 nitrogen and oxygen atoms in total. The van der Waals surface area contributed by atoms with Crippen LogP contribution in [0.3, 0.4) is 0 Å². The smallest absolute Gasteiger partial charge is 0.263 e. The number of nitrogens with one attached hydrogen (secondary N) is 1. The Labute approximate surface area is 142 Å². The van der Waals surface area contributed by atoms with Crippen molar-refractivity contribution in [2.45, 2.75) is 0 Å². The Morgan fingerprint density at radius 1 is 1.04 bits per heavy atom. The Balaban J connectivity index is 1.86. The molecule has 0 spiro atoms. The highest BCUT2D eigenvalue weighted by Gasteiger charge is 2.19. The molecule has 7 heteroatoms. The van der Waals surface area contributed by atoms with Gasteiger partial charge in [0.15, 0.2) is 0 Å². The maximum Gasteiger partial charge on any atom is 0.263 e. The molecule has 0 atom stereocenters. The first kappa shape index (κ1) is 15.1. The number of anilines is 2. The summed E-state index contributed by atoms with van der Waals surface area (Å²) in [5, 5.41) is 7.90. The molecule has 0 fully saturated rings. The van der Waals surface area contributed by atoms with E-state index in [0.717, 1.165) is 5.56 Å². The first-order valence-electron chi connectivity index (χ1n) is 7.52. The van der Waals surface area contributed by atoms with E-state index in [1.165, 1.54) is 18.5 Å². The molecule has 0 amide bonds. The molecule has 25 heavy (non-hydrogen) atoms. The number of aromatic nitrogens is 3. The van der Waals surface area contributed by atoms with E-state index in [1.54, 1.807) is 19.2 Å². The van der Waals surface area contributed by atoms with Gasteiger partial charge in [-0.15, -0.1) is 0 Å². The maximum absolute atomic E-state index is 13.1. The van der Waals surface area contributed by atoms with Gasteiger partial charge in [0, 0.05) is 11.3 Å². The number of hydrogen-bond donors (Lipinski definition) is 1. The molecule has 1 N–H and O–H groups in total. The van der Waals surface area contributed by atoms with Crippen LogP contribution in [0, 0.1) is 5.82 Å². The van der Waals surface area contributed by atoms with E-state index in [4.69, 9.17) is 9.26 Å². The Bertz CT molecular complexity index is 1030. The van der Waals surface area contributed by atoms with Crippen molar-refractivity contribution < 1.29 is 13.7 Å². The van der Waals surface area contributed by atoms with E-state index in [9.17, 15) is 4.39 Å². The van der Waals surface area contributed by atoms with Crippen LogP contribution >= 0.6 is 0 Å². The summed E-state index contributed by atoms with van der Waals surface area (Å²) in [4.78, 5) is 8.40. The number of methoxy groups -OCH3 is 1. The lowest BCUT2D eigenvalue weighted by molar-refractivity contribution is 0.414. The number of nitrogens with zero attached hydrogens (tertiary/aromatic N) is 3. The molecule has 4 rings (SSSR count). The second-order valence-electron chi connectivity index (χ2n) is 5.27. The van der Waals surface area contributed by atoms with E-state index in [2.05, 4.69) is 20.4 Å². The zero-order valence-corrected chi connectivity index (χ0v) is 13.2. The van der Waals surface area contributed by atoms with Gasteiger partial charge in [0.25, 0.3) is 5.71 Å². The summed E-state index contributed by atoms with van der Waals surface area (Å²) in [6.07, 6.45) is 1.38. The van der Waals surface area contributed by atoms with E-state index >= 15 is 0 Å². The maximum atomic E-state index is 13.1. The van der Waals surface area contributed by atoms with Gasteiger partial charge in [-0.2, -0.15) is 4.98 Å². The van der Waals surface area contributed by atoms with Crippen molar-refractivity contribution in [1.82, 2.24) is 15.1 Å². The highest BCUT2D eigenvalue weighted by atomic mass is 19.1. The van der Waals surface area contributed by atoms with Crippen molar-refractivity contribution >= 4 is 22.6 Å². The third-order valence-corrected chi connectivity index (χ3v) is 3.74. The number of benzene rings is 2. The van der Waals surface area contributed by atoms with Crippen molar-refractivity contribution in [2.75, 3.05) is 12.4 Å². The third-order valence-electron chi connectivity index (χ3n) is 3.74. The molecule has 2 aromatic heterocycles. The third kappa shape index (κ3) is 2.76. The van der Waals surface area contributed by atoms with Gasteiger partial charge >= 0.3 is 0 Å². The molecule has 0 aliphatic carbocycles. The zero-order valence-electron chi connectivity index (χ0n) is 13.2. The standard InChI is InChI=1S/C18H13FN4O2/c1-24-14-5-3-2-4-13(14)16-15-17(20-10-21-18(15)25-23-16)22-12-8-6-11(19)7-9-12/h2-10H,1H3,(H,20,21,22). The number of hydrogen-bond acceptors (Lipinski definition) is 6. The van der Waals surface area contributed by atoms with Crippen LogP contribution in [0.1, 0.15) is 0 Å². The molecule has 0 radical (unpaired) electrons. The summed E-state index contributed by atoms with van der Waals surface area (Å²) in [5.74, 6) is 0.867. The molecule has 124 valence electrons. The lowest BCUT2D eigenvalue weighted by Crippen LogP contribution is -1.96. The van der Waals surface area contributed by atoms with Crippen LogP contribution < -0.4 is 10.1 Å². The van der Waals surface area contributed by atoms with Gasteiger partial charge in [-0.3, -0.25) is 0 Å². The first-order chi connectivity index (χ1) is 12.3. The van der Waals surface area contributed by atoms with Gasteiger partial charge < -0.3 is 14.6 Å². The second kappa shape index (κ2) is 6.20. The largest absolute Gasteiger partial charge is 0.496 e. The van der Waals surface area contributed by atoms with E-state index in [-0.39, 0.29) is 5.82 Å². The molecule has 2 heterocycles. The average Bonchev–Trinajstić information content (AvgIpc) is 3.08. The van der Waals surface area contributed by atoms with Gasteiger partial charge in [0.2, 0.25) is 0 Å². The molecular formula is C18H13FN4O2. The Hall–Kier alpha value is -3.48. The van der Waals surface area contributed by atoms with Crippen molar-refractivity contribution in [3.05, 3.63) is 60.7 Å². The van der Waals surface area contributed by atoms with Crippen LogP contribution in [0.25, 0.3) is 22.4 Å². The summed E-state index contributed by atoms with van der Waals surface area (Å²) in [6, 6.07) is 13.5. The Kier molecular flexibility index (Phi) is 3.74. The van der Waals surface area contributed by atoms with Gasteiger partial charge in [0.05, 0.1) is 7.11 Å². The number of para-hydroxylation sites is 1. The van der Waals surface area contributed by atoms with Gasteiger partial charge in [-0.1, -0.05) is 17.3 Å². The van der Waals surface area contributed by atoms with Crippen LogP contribution in [0.2, 0.25) is 0 Å². The minimum absolute atomic E-state index is 0.307. The Morgan fingerprint density at radius 3 is 2.64 bits per heavy atom. The van der Waals surface area contributed by atoms with Crippen molar-refractivity contribution in [3.63, 3.8) is 0 Å². The van der Waals surface area contributed by atoms with Crippen LogP contribution in [0.15, 0.2) is 59.4 Å². The van der Waals surface area contributed by atoms with Gasteiger partial charge in [0.1, 0.15) is 34.8 Å². The lowest BCUT2D eigenvalue weighted by atomic mass is 10.1. The molecule has 4 aromatic rings. The SMILES string of the molecule is COc1ccccc1-c1noc2ncnc(Nc3ccc(F)cc3)c12. The fraction of sp³-hybridized carbons (Fsp3) is 0.0556. The van der Waals surface area contributed by atoms with Crippen LogP contribution in [0.4, 0.5) is 15.9 Å². The molecule has 0 aliphatic rings. The summed E-state index contributed by atoms with van der Waals surface area (Å²) in [7, 11) is 1.59. The van der Waals surface area contributed by atoms with Crippen LogP contribution in [-0.4, -0.2) is 22.2 Å². The molecule has 0 saturated heterocycles. The topological polar surface area (TPSA) is 73.1 Å². The first-order valence-corrected chi connectivity index (χ1v) is 7.52. The van der Waals surface area contributed by atoms with E-state index in [1.807, 2.05) is 24.3 Å². The molecule has 0 aliphatic heterocycles. The fourth-order valence-corrected chi connectivity index (χ4v) is 2.58. The molecule has 2 aromatic carbocycles. The number of halogens is 1. The fourth-order valence-electron chi connectivity index (χ4n) is 2.58. The molecule has 0 unspecified atom stereocenters. The minimum atomic E-state index is -0.307. The number of fused-ring (bicyclic) bond motifs is 1. The van der Waals surface area contributed by atoms with Crippen LogP contribution in [-0.2, 0) is 0 Å². The predicted octanol–water partition coefficient (Wildman–Crippen LogP) is 4.18. The highest BCUT2D eigenvalue weighted by molar-refractivity contribution is 5.99. The average molecular weight is 336 g/mol. The van der Waals surface area contributed by atoms with E-state index in [0.29, 0.717) is 34.0 Å². The second-order valence-corrected chi connectivity index (χ2v) is 5.27. The molecule has 0 bridgehead atoms. The molecular weight excluding hydrogens is 323 g/mol. The normalized spacial score (nSPS) is 10.8. The van der Waals surface area contributed by atoms with Crippen molar-refractivity contribution in [3.8, 4) is 17.0 Å². The van der Waals surface area contributed by atoms with Crippen molar-refractivity contribution in [1.29, 1.82) is 0 Å². The van der Waals surface area contributed by atoms with Gasteiger partial charge in [-0.25, -0.2) is 9.37 Å². The summed E-state index contributed by atoms with van der Waals surface area (Å²) >= 11 is 0. The summed E-state index contributed by atoms with van der Waals surface area (Å²) in [5.41, 5.74) is 2.37. The highest BCUT2D eigenvalue weighted by Crippen LogP contribution is 2.36. The number of ether oxygens (including phenoxy) is 1. The summed E-state index contributed by atoms with van der Waals surface area (Å²) in [6.45, 7) is 0. The zero-order chi connectivity index (χ0) is 17.2. The number of rotatable bonds is 4. The quantitative estimate of drug-likeness (QED) is 0.603. The van der Waals surface area contributed by atoms with Crippen LogP contribution in [0.5, 0.6) is 5.75 Å². The summed E-state index contributed by atoms with van der Waals surface area (Å²) < 4.78 is 23.9. The van der Waals surface area contributed by atoms with Gasteiger partial charge in [-0.05, 0) is 36.4 Å². The Morgan fingerprint density at radius 2 is 1.84 bits per heavy atom.